The number of carbonyl (C=O) groups is 2. The van der Waals surface area contributed by atoms with E-state index in [4.69, 9.17) is 4.74 Å². The number of rotatable bonds is 4. The predicted octanol–water partition coefficient (Wildman–Crippen LogP) is 2.57. The summed E-state index contributed by atoms with van der Waals surface area (Å²) in [6.45, 7) is 1.50. The number of benzene rings is 1. The summed E-state index contributed by atoms with van der Waals surface area (Å²) in [5.41, 5.74) is 2.87. The Morgan fingerprint density at radius 1 is 1.38 bits per heavy atom. The van der Waals surface area contributed by atoms with Gasteiger partial charge in [-0.15, -0.1) is 0 Å². The van der Waals surface area contributed by atoms with Crippen LogP contribution in [0.1, 0.15) is 40.9 Å². The highest BCUT2D eigenvalue weighted by molar-refractivity contribution is 6.00. The van der Waals surface area contributed by atoms with Gasteiger partial charge in [0.1, 0.15) is 16.8 Å². The van der Waals surface area contributed by atoms with Gasteiger partial charge in [-0.3, -0.25) is 4.79 Å². The second-order valence-electron chi connectivity index (χ2n) is 6.17. The zero-order valence-corrected chi connectivity index (χ0v) is 13.9. The molecule has 1 atom stereocenters. The van der Waals surface area contributed by atoms with Gasteiger partial charge in [0.2, 0.25) is 11.8 Å². The number of carboxylic acids is 1. The Morgan fingerprint density at radius 3 is 3.00 bits per heavy atom. The van der Waals surface area contributed by atoms with Crippen LogP contribution in [-0.2, 0) is 11.2 Å². The van der Waals surface area contributed by atoms with Crippen molar-refractivity contribution in [3.8, 4) is 11.6 Å². The number of nitrogens with zero attached hydrogens (tertiary/aromatic N) is 2. The van der Waals surface area contributed by atoms with Crippen molar-refractivity contribution in [2.75, 3.05) is 0 Å². The summed E-state index contributed by atoms with van der Waals surface area (Å²) in [5, 5.41) is 12.1. The molecule has 3 aromatic rings. The Kier molecular flexibility index (Phi) is 3.80. The molecule has 8 nitrogen and oxygen atoms in total. The van der Waals surface area contributed by atoms with Crippen LogP contribution in [0.3, 0.4) is 0 Å². The minimum atomic E-state index is -1.08. The van der Waals surface area contributed by atoms with Gasteiger partial charge >= 0.3 is 5.97 Å². The van der Waals surface area contributed by atoms with Gasteiger partial charge < -0.3 is 20.1 Å². The Labute approximate surface area is 148 Å². The van der Waals surface area contributed by atoms with Crippen LogP contribution in [0.5, 0.6) is 11.6 Å². The summed E-state index contributed by atoms with van der Waals surface area (Å²) >= 11 is 0. The van der Waals surface area contributed by atoms with Crippen molar-refractivity contribution in [1.29, 1.82) is 0 Å². The fourth-order valence-electron chi connectivity index (χ4n) is 3.25. The molecule has 1 aliphatic rings. The average Bonchev–Trinajstić information content (AvgIpc) is 3.18. The number of nitrogens with one attached hydrogen (secondary N) is 2. The molecule has 132 valence electrons. The molecule has 3 N–H and O–H groups in total. The second-order valence-corrected chi connectivity index (χ2v) is 6.17. The number of aromatic nitrogens is 3. The summed E-state index contributed by atoms with van der Waals surface area (Å²) in [5.74, 6) is -0.395. The van der Waals surface area contributed by atoms with E-state index in [1.54, 1.807) is 0 Å². The van der Waals surface area contributed by atoms with Crippen LogP contribution in [0.4, 0.5) is 0 Å². The molecule has 0 bridgehead atoms. The van der Waals surface area contributed by atoms with Gasteiger partial charge in [-0.25, -0.2) is 14.8 Å². The molecule has 0 spiro atoms. The van der Waals surface area contributed by atoms with Gasteiger partial charge in [-0.05, 0) is 36.1 Å². The summed E-state index contributed by atoms with van der Waals surface area (Å²) < 4.78 is 5.78. The molecule has 0 saturated carbocycles. The second kappa shape index (κ2) is 6.14. The van der Waals surface area contributed by atoms with Crippen LogP contribution in [-0.4, -0.2) is 31.9 Å². The largest absolute Gasteiger partial charge is 0.478 e. The van der Waals surface area contributed by atoms with E-state index < -0.39 is 5.97 Å². The normalized spacial score (nSPS) is 15.7. The minimum absolute atomic E-state index is 0.0251. The molecule has 8 heteroatoms. The highest BCUT2D eigenvalue weighted by atomic mass is 16.5. The number of aromatic carboxylic acids is 1. The van der Waals surface area contributed by atoms with Crippen molar-refractivity contribution >= 4 is 23.0 Å². The van der Waals surface area contributed by atoms with Crippen molar-refractivity contribution in [2.45, 2.75) is 25.8 Å². The summed E-state index contributed by atoms with van der Waals surface area (Å²) in [6.07, 6.45) is 4.54. The molecule has 26 heavy (non-hydrogen) atoms. The summed E-state index contributed by atoms with van der Waals surface area (Å²) in [6, 6.07) is 5.65. The number of carbonyl (C=O) groups excluding carboxylic acids is 1. The Hall–Kier alpha value is -3.42. The number of hydrogen-bond acceptors (Lipinski definition) is 5. The van der Waals surface area contributed by atoms with Crippen molar-refractivity contribution in [2.24, 2.45) is 0 Å². The average molecular weight is 352 g/mol. The first-order chi connectivity index (χ1) is 12.5. The van der Waals surface area contributed by atoms with Gasteiger partial charge in [0, 0.05) is 13.1 Å². The van der Waals surface area contributed by atoms with Crippen LogP contribution in [0, 0.1) is 0 Å². The first kappa shape index (κ1) is 16.1. The maximum atomic E-state index is 11.4. The van der Waals surface area contributed by atoms with E-state index in [9.17, 15) is 14.7 Å². The highest BCUT2D eigenvalue weighted by Gasteiger charge is 2.24. The molecular formula is C18H16N4O4. The maximum Gasteiger partial charge on any atom is 0.339 e. The Morgan fingerprint density at radius 2 is 2.23 bits per heavy atom. The Balaban J connectivity index is 1.64. The lowest BCUT2D eigenvalue weighted by Gasteiger charge is -2.13. The van der Waals surface area contributed by atoms with E-state index in [0.717, 1.165) is 18.4 Å². The van der Waals surface area contributed by atoms with E-state index in [0.29, 0.717) is 11.4 Å². The number of H-pyrrole nitrogens is 1. The number of carboxylic acid groups (broad SMARTS) is 1. The van der Waals surface area contributed by atoms with Gasteiger partial charge in [-0.2, -0.15) is 0 Å². The van der Waals surface area contributed by atoms with Gasteiger partial charge in [0.05, 0.1) is 12.2 Å². The first-order valence-corrected chi connectivity index (χ1v) is 8.16. The molecule has 1 amide bonds. The third-order valence-corrected chi connectivity index (χ3v) is 4.38. The predicted molar refractivity (Wildman–Crippen MR) is 92.2 cm³/mol. The van der Waals surface area contributed by atoms with Crippen LogP contribution in [0.2, 0.25) is 0 Å². The molecule has 1 aliphatic carbocycles. The zero-order valence-electron chi connectivity index (χ0n) is 13.9. The van der Waals surface area contributed by atoms with Crippen LogP contribution < -0.4 is 10.1 Å². The van der Waals surface area contributed by atoms with Crippen molar-refractivity contribution in [1.82, 2.24) is 20.3 Å². The van der Waals surface area contributed by atoms with Crippen molar-refractivity contribution < 1.29 is 19.4 Å². The lowest BCUT2D eigenvalue weighted by Crippen LogP contribution is -2.24. The smallest absolute Gasteiger partial charge is 0.339 e. The SMILES string of the molecule is CC(=O)N[C@H]1CCc2ccc(Oc3cnc4[nH]cc(C(=O)O)c4n3)cc21. The molecule has 2 aromatic heterocycles. The van der Waals surface area contributed by atoms with Crippen molar-refractivity contribution in [3.63, 3.8) is 0 Å². The maximum absolute atomic E-state index is 11.4. The molecular weight excluding hydrogens is 336 g/mol. The van der Waals surface area contributed by atoms with Gasteiger partial charge in [-0.1, -0.05) is 6.07 Å². The molecule has 2 heterocycles. The van der Waals surface area contributed by atoms with E-state index >= 15 is 0 Å². The number of aromatic amines is 1. The standard InChI is InChI=1S/C18H16N4O4/c1-9(23)21-14-5-3-10-2-4-11(6-12(10)14)26-15-8-20-17-16(22-15)13(7-19-17)18(24)25/h2,4,6-8,14H,3,5H2,1H3,(H,19,20)(H,21,23)(H,24,25)/t14-/m0/s1. The zero-order chi connectivity index (χ0) is 18.3. The monoisotopic (exact) mass is 352 g/mol. The topological polar surface area (TPSA) is 117 Å². The number of amides is 1. The molecule has 0 radical (unpaired) electrons. The number of aryl methyl sites for hydroxylation is 1. The molecule has 1 aromatic carbocycles. The number of ether oxygens (including phenoxy) is 1. The van der Waals surface area contributed by atoms with E-state index in [1.165, 1.54) is 24.9 Å². The van der Waals surface area contributed by atoms with Crippen LogP contribution in [0.15, 0.2) is 30.6 Å². The number of fused-ring (bicyclic) bond motifs is 2. The van der Waals surface area contributed by atoms with Crippen molar-refractivity contribution in [3.05, 3.63) is 47.3 Å². The van der Waals surface area contributed by atoms with Crippen LogP contribution >= 0.6 is 0 Å². The first-order valence-electron chi connectivity index (χ1n) is 8.16. The summed E-state index contributed by atoms with van der Waals surface area (Å²) in [4.78, 5) is 33.8. The molecule has 0 fully saturated rings. The van der Waals surface area contributed by atoms with Crippen LogP contribution in [0.25, 0.3) is 11.2 Å². The summed E-state index contributed by atoms with van der Waals surface area (Å²) in [7, 11) is 0. The quantitative estimate of drug-likeness (QED) is 0.664. The van der Waals surface area contributed by atoms with Gasteiger partial charge in [0.25, 0.3) is 0 Å². The fourth-order valence-corrected chi connectivity index (χ4v) is 3.25. The number of hydrogen-bond donors (Lipinski definition) is 3. The molecule has 0 unspecified atom stereocenters. The van der Waals surface area contributed by atoms with Gasteiger partial charge in [0.15, 0.2) is 5.65 Å². The third kappa shape index (κ3) is 2.85. The van der Waals surface area contributed by atoms with E-state index in [-0.39, 0.29) is 28.9 Å². The lowest BCUT2D eigenvalue weighted by atomic mass is 10.1. The third-order valence-electron chi connectivity index (χ3n) is 4.38. The molecule has 0 saturated heterocycles. The van der Waals surface area contributed by atoms with E-state index in [2.05, 4.69) is 20.3 Å². The molecule has 4 rings (SSSR count). The highest BCUT2D eigenvalue weighted by Crippen LogP contribution is 2.35. The minimum Gasteiger partial charge on any atom is -0.478 e. The lowest BCUT2D eigenvalue weighted by molar-refractivity contribution is -0.119. The Bertz CT molecular complexity index is 1030. The molecule has 0 aliphatic heterocycles. The fraction of sp³-hybridized carbons (Fsp3) is 0.222. The van der Waals surface area contributed by atoms with E-state index in [1.807, 2.05) is 18.2 Å².